The van der Waals surface area contributed by atoms with E-state index >= 15 is 0 Å². The quantitative estimate of drug-likeness (QED) is 0.280. The summed E-state index contributed by atoms with van der Waals surface area (Å²) in [4.78, 5) is 0. The van der Waals surface area contributed by atoms with Crippen LogP contribution in [0.5, 0.6) is 0 Å². The molecule has 0 heterocycles. The summed E-state index contributed by atoms with van der Waals surface area (Å²) < 4.78 is 0. The monoisotopic (exact) mass is 470 g/mol. The Hall–Kier alpha value is -1.63. The largest absolute Gasteiger partial charge is 3.00 e. The third-order valence-corrected chi connectivity index (χ3v) is 3.06. The minimum Gasteiger partial charge on any atom is -0.184 e. The Bertz CT molecular complexity index is 688. The van der Waals surface area contributed by atoms with Crippen molar-refractivity contribution in [2.75, 3.05) is 0 Å². The molecule has 4 aromatic carbocycles. The summed E-state index contributed by atoms with van der Waals surface area (Å²) in [5.41, 5.74) is 1.29. The van der Waals surface area contributed by atoms with Crippen LogP contribution >= 0.6 is 0 Å². The van der Waals surface area contributed by atoms with Gasteiger partial charge in [0, 0.05) is 0 Å². The van der Waals surface area contributed by atoms with Crippen molar-refractivity contribution < 1.29 is 36.9 Å². The molecule has 0 bridgehead atoms. The normalized spacial score (nSPS) is 8.71. The van der Waals surface area contributed by atoms with Gasteiger partial charge in [-0.3, -0.25) is 0 Å². The molecule has 0 spiro atoms. The van der Waals surface area contributed by atoms with Gasteiger partial charge in [0.15, 0.2) is 0 Å². The SMILES string of the molecule is Cc1cc[c-]cc1.[Lu+3].[c-]1cccc2ccccc12.[c-]1ccccc1. The van der Waals surface area contributed by atoms with E-state index in [4.69, 9.17) is 0 Å². The summed E-state index contributed by atoms with van der Waals surface area (Å²) in [7, 11) is 0. The Labute approximate surface area is 174 Å². The van der Waals surface area contributed by atoms with Crippen molar-refractivity contribution in [2.24, 2.45) is 0 Å². The molecule has 24 heavy (non-hydrogen) atoms. The summed E-state index contributed by atoms with van der Waals surface area (Å²) in [6.07, 6.45) is 0. The van der Waals surface area contributed by atoms with Gasteiger partial charge < -0.3 is 0 Å². The maximum atomic E-state index is 3.15. The number of fused-ring (bicyclic) bond motifs is 1. The summed E-state index contributed by atoms with van der Waals surface area (Å²) in [5.74, 6) is 0. The first-order valence-electron chi connectivity index (χ1n) is 7.55. The zero-order valence-corrected chi connectivity index (χ0v) is 15.2. The smallest absolute Gasteiger partial charge is 0.184 e. The van der Waals surface area contributed by atoms with Gasteiger partial charge >= 0.3 is 36.9 Å². The maximum absolute atomic E-state index is 3.15. The molecule has 0 radical (unpaired) electrons. The molecule has 0 amide bonds. The van der Waals surface area contributed by atoms with Crippen LogP contribution in [-0.2, 0) is 0 Å². The van der Waals surface area contributed by atoms with E-state index < -0.39 is 0 Å². The Morgan fingerprint density at radius 2 is 1.21 bits per heavy atom. The van der Waals surface area contributed by atoms with Gasteiger partial charge in [0.2, 0.25) is 0 Å². The molecule has 0 saturated carbocycles. The number of aryl methyl sites for hydroxylation is 1. The zero-order valence-electron chi connectivity index (χ0n) is 13.5. The topological polar surface area (TPSA) is 0 Å². The fourth-order valence-corrected chi connectivity index (χ4v) is 1.88. The molecule has 0 aliphatic carbocycles. The Balaban J connectivity index is 0.000000184. The average molecular weight is 470 g/mol. The van der Waals surface area contributed by atoms with E-state index in [1.54, 1.807) is 0 Å². The van der Waals surface area contributed by atoms with Crippen LogP contribution in [0.4, 0.5) is 0 Å². The molecule has 0 aromatic heterocycles. The molecule has 0 atom stereocenters. The predicted octanol–water partition coefficient (Wildman–Crippen LogP) is 5.92. The van der Waals surface area contributed by atoms with Crippen molar-refractivity contribution in [3.8, 4) is 0 Å². The second-order valence-electron chi connectivity index (χ2n) is 4.91. The van der Waals surface area contributed by atoms with Crippen LogP contribution in [0, 0.1) is 62.0 Å². The van der Waals surface area contributed by atoms with Gasteiger partial charge in [-0.15, -0.1) is 47.2 Å². The zero-order chi connectivity index (χ0) is 16.2. The number of benzene rings is 4. The average Bonchev–Trinajstić information content (AvgIpc) is 2.65. The Morgan fingerprint density at radius 3 is 1.71 bits per heavy atom. The summed E-state index contributed by atoms with van der Waals surface area (Å²) >= 11 is 0. The fourth-order valence-electron chi connectivity index (χ4n) is 1.88. The summed E-state index contributed by atoms with van der Waals surface area (Å²) in [6.45, 7) is 2.06. The van der Waals surface area contributed by atoms with Gasteiger partial charge in [0.25, 0.3) is 0 Å². The van der Waals surface area contributed by atoms with E-state index in [0.717, 1.165) is 0 Å². The summed E-state index contributed by atoms with van der Waals surface area (Å²) in [6, 6.07) is 40.7. The van der Waals surface area contributed by atoms with Gasteiger partial charge in [-0.05, 0) is 0 Å². The molecule has 0 saturated heterocycles. The maximum Gasteiger partial charge on any atom is 3.00 e. The molecule has 1 heteroatoms. The third-order valence-electron chi connectivity index (χ3n) is 3.06. The van der Waals surface area contributed by atoms with Crippen LogP contribution in [0.2, 0.25) is 0 Å². The van der Waals surface area contributed by atoms with E-state index in [1.165, 1.54) is 16.3 Å². The minimum atomic E-state index is 0. The van der Waals surface area contributed by atoms with Crippen molar-refractivity contribution in [1.29, 1.82) is 0 Å². The molecule has 0 unspecified atom stereocenters. The van der Waals surface area contributed by atoms with Crippen molar-refractivity contribution in [1.82, 2.24) is 0 Å². The first kappa shape index (κ1) is 20.4. The molecule has 0 nitrogen and oxygen atoms in total. The van der Waals surface area contributed by atoms with Gasteiger partial charge in [0.05, 0.1) is 0 Å². The van der Waals surface area contributed by atoms with E-state index in [-0.39, 0.29) is 36.9 Å². The number of rotatable bonds is 0. The Kier molecular flexibility index (Phi) is 10.9. The van der Waals surface area contributed by atoms with E-state index in [0.29, 0.717) is 0 Å². The van der Waals surface area contributed by atoms with Crippen LogP contribution in [0.3, 0.4) is 0 Å². The molecule has 4 aromatic rings. The van der Waals surface area contributed by atoms with Gasteiger partial charge in [-0.1, -0.05) is 19.1 Å². The first-order valence-corrected chi connectivity index (χ1v) is 7.55. The fraction of sp³-hybridized carbons (Fsp3) is 0.0435. The van der Waals surface area contributed by atoms with Gasteiger partial charge in [-0.25, -0.2) is 0 Å². The molecule has 0 fully saturated rings. The van der Waals surface area contributed by atoms with Crippen LogP contribution in [0.15, 0.2) is 97.1 Å². The van der Waals surface area contributed by atoms with E-state index in [1.807, 2.05) is 78.9 Å². The molecule has 0 aliphatic heterocycles. The van der Waals surface area contributed by atoms with Crippen molar-refractivity contribution in [3.05, 3.63) is 121 Å². The summed E-state index contributed by atoms with van der Waals surface area (Å²) in [5, 5.41) is 2.44. The standard InChI is InChI=1S/C10H7.C7H7.C6H5.Lu/c1-2-6-10-8-4-3-7-9(10)5-1;1-7-5-3-2-4-6-7;1-2-4-6-5-3-1;/h1-7H;3-6H,1H3;1-5H;/q3*-1;+3. The van der Waals surface area contributed by atoms with E-state index in [2.05, 4.69) is 43.3 Å². The molecule has 0 aliphatic rings. The number of hydrogen-bond acceptors (Lipinski definition) is 0. The molecule has 126 valence electrons. The molecular weight excluding hydrogens is 451 g/mol. The predicted molar refractivity (Wildman–Crippen MR) is 98.1 cm³/mol. The molecule has 4 rings (SSSR count). The molecular formula is C23H19Lu. The second kappa shape index (κ2) is 12.8. The van der Waals surface area contributed by atoms with Crippen LogP contribution in [0.25, 0.3) is 10.8 Å². The third kappa shape index (κ3) is 8.29. The molecule has 0 N–H and O–H groups in total. The van der Waals surface area contributed by atoms with Gasteiger partial charge in [-0.2, -0.15) is 72.3 Å². The van der Waals surface area contributed by atoms with Crippen LogP contribution in [0.1, 0.15) is 5.56 Å². The van der Waals surface area contributed by atoms with Crippen molar-refractivity contribution in [3.63, 3.8) is 0 Å². The van der Waals surface area contributed by atoms with Gasteiger partial charge in [0.1, 0.15) is 0 Å². The minimum absolute atomic E-state index is 0. The van der Waals surface area contributed by atoms with Crippen molar-refractivity contribution in [2.45, 2.75) is 6.92 Å². The first-order chi connectivity index (χ1) is 11.4. The Morgan fingerprint density at radius 1 is 0.583 bits per heavy atom. The van der Waals surface area contributed by atoms with Crippen LogP contribution in [-0.4, -0.2) is 0 Å². The second-order valence-corrected chi connectivity index (χ2v) is 4.91. The van der Waals surface area contributed by atoms with E-state index in [9.17, 15) is 0 Å². The van der Waals surface area contributed by atoms with Crippen LogP contribution < -0.4 is 0 Å². The van der Waals surface area contributed by atoms with Crippen molar-refractivity contribution >= 4 is 10.8 Å². The number of hydrogen-bond donors (Lipinski definition) is 0.